The molecule has 1 aromatic heterocycles. The third-order valence-corrected chi connectivity index (χ3v) is 2.50. The largest absolute Gasteiger partial charge is 0.478 e. The molecule has 0 aliphatic heterocycles. The molecule has 7 heteroatoms. The summed E-state index contributed by atoms with van der Waals surface area (Å²) < 4.78 is 24.9. The molecule has 3 nitrogen and oxygen atoms in total. The van der Waals surface area contributed by atoms with E-state index in [9.17, 15) is 13.6 Å². The van der Waals surface area contributed by atoms with Crippen molar-refractivity contribution in [3.8, 4) is 0 Å². The van der Waals surface area contributed by atoms with Gasteiger partial charge in [-0.1, -0.05) is 27.5 Å². The molecule has 0 unspecified atom stereocenters. The minimum absolute atomic E-state index is 0.0497. The van der Waals surface area contributed by atoms with Crippen LogP contribution in [-0.4, -0.2) is 16.1 Å². The number of rotatable bonds is 3. The van der Waals surface area contributed by atoms with E-state index in [0.717, 1.165) is 6.07 Å². The SMILES string of the molecule is O=C(O)c1cc(Cl)c(CBr)nc1C(F)F. The number of hydrogen-bond acceptors (Lipinski definition) is 2. The topological polar surface area (TPSA) is 50.2 Å². The Hall–Kier alpha value is -0.750. The number of hydrogen-bond donors (Lipinski definition) is 1. The maximum absolute atomic E-state index is 12.5. The van der Waals surface area contributed by atoms with Crippen LogP contribution in [0.25, 0.3) is 0 Å². The van der Waals surface area contributed by atoms with Crippen LogP contribution in [0.4, 0.5) is 8.78 Å². The Bertz CT molecular complexity index is 400. The number of carbonyl (C=O) groups is 1. The fraction of sp³-hybridized carbons (Fsp3) is 0.250. The molecular weight excluding hydrogens is 295 g/mol. The molecule has 0 amide bonds. The van der Waals surface area contributed by atoms with Crippen LogP contribution in [-0.2, 0) is 5.33 Å². The summed E-state index contributed by atoms with van der Waals surface area (Å²) in [5.41, 5.74) is -1.14. The molecule has 15 heavy (non-hydrogen) atoms. The number of aromatic nitrogens is 1. The average molecular weight is 300 g/mol. The van der Waals surface area contributed by atoms with Crippen molar-refractivity contribution in [2.45, 2.75) is 11.8 Å². The van der Waals surface area contributed by atoms with Crippen LogP contribution < -0.4 is 0 Å². The van der Waals surface area contributed by atoms with Gasteiger partial charge in [-0.05, 0) is 6.07 Å². The highest BCUT2D eigenvalue weighted by atomic mass is 79.9. The lowest BCUT2D eigenvalue weighted by atomic mass is 10.2. The second-order valence-corrected chi connectivity index (χ2v) is 3.56. The number of alkyl halides is 3. The van der Waals surface area contributed by atoms with Crippen molar-refractivity contribution in [1.82, 2.24) is 4.98 Å². The standard InChI is InChI=1S/C8H5BrClF2NO2/c9-2-5-4(10)1-3(8(14)15)6(13-5)7(11)12/h1,7H,2H2,(H,14,15). The lowest BCUT2D eigenvalue weighted by Crippen LogP contribution is -2.07. The lowest BCUT2D eigenvalue weighted by Gasteiger charge is -2.07. The van der Waals surface area contributed by atoms with Gasteiger partial charge in [-0.15, -0.1) is 0 Å². The summed E-state index contributed by atoms with van der Waals surface area (Å²) in [7, 11) is 0. The van der Waals surface area contributed by atoms with E-state index >= 15 is 0 Å². The predicted molar refractivity (Wildman–Crippen MR) is 53.8 cm³/mol. The summed E-state index contributed by atoms with van der Waals surface area (Å²) in [5, 5.41) is 8.89. The van der Waals surface area contributed by atoms with E-state index in [1.165, 1.54) is 0 Å². The minimum Gasteiger partial charge on any atom is -0.478 e. The smallest absolute Gasteiger partial charge is 0.337 e. The fourth-order valence-electron chi connectivity index (χ4n) is 0.974. The molecule has 0 spiro atoms. The van der Waals surface area contributed by atoms with Gasteiger partial charge in [-0.3, -0.25) is 0 Å². The summed E-state index contributed by atoms with van der Waals surface area (Å²) >= 11 is 8.66. The van der Waals surface area contributed by atoms with Crippen molar-refractivity contribution in [3.63, 3.8) is 0 Å². The van der Waals surface area contributed by atoms with Gasteiger partial charge in [0.25, 0.3) is 6.43 Å². The summed E-state index contributed by atoms with van der Waals surface area (Å²) in [4.78, 5) is 14.1. The fourth-order valence-corrected chi connectivity index (χ4v) is 1.78. The third-order valence-electron chi connectivity index (χ3n) is 1.64. The van der Waals surface area contributed by atoms with Crippen LogP contribution in [0.5, 0.6) is 0 Å². The van der Waals surface area contributed by atoms with Crippen molar-refractivity contribution in [1.29, 1.82) is 0 Å². The number of aromatic carboxylic acids is 1. The Morgan fingerprint density at radius 2 is 2.27 bits per heavy atom. The van der Waals surface area contributed by atoms with Gasteiger partial charge in [0, 0.05) is 5.33 Å². The van der Waals surface area contributed by atoms with E-state index < -0.39 is 23.7 Å². The van der Waals surface area contributed by atoms with Crippen molar-refractivity contribution < 1.29 is 18.7 Å². The van der Waals surface area contributed by atoms with Crippen molar-refractivity contribution >= 4 is 33.5 Å². The van der Waals surface area contributed by atoms with Gasteiger partial charge in [-0.25, -0.2) is 18.6 Å². The average Bonchev–Trinajstić information content (AvgIpc) is 2.16. The highest BCUT2D eigenvalue weighted by Crippen LogP contribution is 2.26. The minimum atomic E-state index is -2.94. The summed E-state index contributed by atoms with van der Waals surface area (Å²) in [6.45, 7) is 0. The van der Waals surface area contributed by atoms with Gasteiger partial charge in [-0.2, -0.15) is 0 Å². The second-order valence-electron chi connectivity index (χ2n) is 2.59. The number of nitrogens with zero attached hydrogens (tertiary/aromatic N) is 1. The van der Waals surface area contributed by atoms with Crippen LogP contribution in [0.15, 0.2) is 6.07 Å². The van der Waals surface area contributed by atoms with E-state index in [1.807, 2.05) is 0 Å². The maximum Gasteiger partial charge on any atom is 0.337 e. The molecule has 0 radical (unpaired) electrons. The number of pyridine rings is 1. The molecule has 0 aliphatic carbocycles. The zero-order chi connectivity index (χ0) is 11.6. The van der Waals surface area contributed by atoms with Gasteiger partial charge in [0.15, 0.2) is 0 Å². The van der Waals surface area contributed by atoms with Gasteiger partial charge in [0.2, 0.25) is 0 Å². The number of halogens is 4. The first-order valence-electron chi connectivity index (χ1n) is 3.74. The zero-order valence-electron chi connectivity index (χ0n) is 7.18. The van der Waals surface area contributed by atoms with Gasteiger partial charge < -0.3 is 5.11 Å². The van der Waals surface area contributed by atoms with Crippen LogP contribution in [0.1, 0.15) is 28.2 Å². The Labute approximate surface area is 97.2 Å². The quantitative estimate of drug-likeness (QED) is 0.872. The molecule has 1 N–H and O–H groups in total. The van der Waals surface area contributed by atoms with Crippen molar-refractivity contribution in [3.05, 3.63) is 28.0 Å². The van der Waals surface area contributed by atoms with Crippen LogP contribution >= 0.6 is 27.5 Å². The molecule has 0 saturated heterocycles. The van der Waals surface area contributed by atoms with Crippen LogP contribution in [0, 0.1) is 0 Å². The molecule has 1 aromatic rings. The van der Waals surface area contributed by atoms with Crippen molar-refractivity contribution in [2.75, 3.05) is 0 Å². The Morgan fingerprint density at radius 3 is 2.67 bits per heavy atom. The van der Waals surface area contributed by atoms with Crippen LogP contribution in [0.2, 0.25) is 5.02 Å². The first-order valence-corrected chi connectivity index (χ1v) is 5.24. The van der Waals surface area contributed by atoms with Gasteiger partial charge in [0.1, 0.15) is 5.69 Å². The van der Waals surface area contributed by atoms with E-state index in [2.05, 4.69) is 20.9 Å². The Balaban J connectivity index is 3.38. The Morgan fingerprint density at radius 1 is 1.67 bits per heavy atom. The van der Waals surface area contributed by atoms with Gasteiger partial charge >= 0.3 is 5.97 Å². The summed E-state index contributed by atoms with van der Waals surface area (Å²) in [6, 6.07) is 0.981. The number of carboxylic acid groups (broad SMARTS) is 1. The van der Waals surface area contributed by atoms with Crippen molar-refractivity contribution in [2.24, 2.45) is 0 Å². The molecule has 0 atom stereocenters. The maximum atomic E-state index is 12.5. The predicted octanol–water partition coefficient (Wildman–Crippen LogP) is 3.27. The first-order chi connectivity index (χ1) is 6.97. The first kappa shape index (κ1) is 12.3. The number of carboxylic acids is 1. The molecule has 0 bridgehead atoms. The normalized spacial score (nSPS) is 10.7. The van der Waals surface area contributed by atoms with E-state index in [4.69, 9.17) is 16.7 Å². The third kappa shape index (κ3) is 2.63. The second kappa shape index (κ2) is 4.85. The van der Waals surface area contributed by atoms with E-state index in [0.29, 0.717) is 0 Å². The summed E-state index contributed by atoms with van der Waals surface area (Å²) in [6.07, 6.45) is -2.94. The molecular formula is C8H5BrClF2NO2. The molecule has 0 aromatic carbocycles. The lowest BCUT2D eigenvalue weighted by molar-refractivity contribution is 0.0682. The molecule has 0 aliphatic rings. The zero-order valence-corrected chi connectivity index (χ0v) is 9.52. The summed E-state index contributed by atoms with van der Waals surface area (Å²) in [5.74, 6) is -1.47. The van der Waals surface area contributed by atoms with Gasteiger partial charge in [0.05, 0.1) is 16.3 Å². The van der Waals surface area contributed by atoms with E-state index in [1.54, 1.807) is 0 Å². The molecule has 1 heterocycles. The van der Waals surface area contributed by atoms with E-state index in [-0.39, 0.29) is 16.0 Å². The molecule has 0 fully saturated rings. The Kier molecular flexibility index (Phi) is 3.98. The molecule has 0 saturated carbocycles. The molecule has 82 valence electrons. The molecule has 1 rings (SSSR count). The highest BCUT2D eigenvalue weighted by molar-refractivity contribution is 9.08. The van der Waals surface area contributed by atoms with Crippen LogP contribution in [0.3, 0.4) is 0 Å². The monoisotopic (exact) mass is 299 g/mol. The highest BCUT2D eigenvalue weighted by Gasteiger charge is 2.21.